The number of hydrogen-bond donors (Lipinski definition) is 2. The zero-order chi connectivity index (χ0) is 12.3. The quantitative estimate of drug-likeness (QED) is 0.590. The summed E-state index contributed by atoms with van der Waals surface area (Å²) >= 11 is 0. The molecule has 0 saturated heterocycles. The summed E-state index contributed by atoms with van der Waals surface area (Å²) in [5.41, 5.74) is 2.51. The van der Waals surface area contributed by atoms with Crippen LogP contribution in [-0.2, 0) is 0 Å². The van der Waals surface area contributed by atoms with Gasteiger partial charge in [0.15, 0.2) is 0 Å². The van der Waals surface area contributed by atoms with Crippen LogP contribution in [-0.4, -0.2) is 35.1 Å². The molecule has 86 valence electrons. The van der Waals surface area contributed by atoms with Crippen molar-refractivity contribution in [1.82, 2.24) is 5.01 Å². The highest BCUT2D eigenvalue weighted by atomic mass is 16.6. The Balaban J connectivity index is 3.17. The van der Waals surface area contributed by atoms with Crippen molar-refractivity contribution in [2.45, 2.75) is 0 Å². The van der Waals surface area contributed by atoms with Gasteiger partial charge in [0.2, 0.25) is 0 Å². The maximum atomic E-state index is 10.7. The van der Waals surface area contributed by atoms with Crippen molar-refractivity contribution < 1.29 is 14.8 Å². The molecule has 0 spiro atoms. The Hall–Kier alpha value is -2.15. The summed E-state index contributed by atoms with van der Waals surface area (Å²) in [6.07, 6.45) is 0. The molecule has 0 aliphatic carbocycles. The van der Waals surface area contributed by atoms with Crippen molar-refractivity contribution in [2.24, 2.45) is 0 Å². The third-order valence-corrected chi connectivity index (χ3v) is 1.78. The van der Waals surface area contributed by atoms with Crippen LogP contribution in [0.4, 0.5) is 11.4 Å². The number of benzene rings is 1. The predicted molar refractivity (Wildman–Crippen MR) is 57.4 cm³/mol. The SMILES string of the molecule is CN(C)Nc1ccc(C(=O)O)c([N+](=O)[O-])c1. The van der Waals surface area contributed by atoms with Gasteiger partial charge in [0.05, 0.1) is 10.6 Å². The van der Waals surface area contributed by atoms with Crippen LogP contribution in [0.5, 0.6) is 0 Å². The first-order valence-corrected chi connectivity index (χ1v) is 4.37. The maximum absolute atomic E-state index is 10.7. The largest absolute Gasteiger partial charge is 0.477 e. The molecule has 0 saturated carbocycles. The standard InChI is InChI=1S/C9H11N3O4/c1-11(2)10-6-3-4-7(9(13)14)8(5-6)12(15)16/h3-5,10H,1-2H3,(H,13,14). The van der Waals surface area contributed by atoms with Crippen molar-refractivity contribution in [3.05, 3.63) is 33.9 Å². The molecule has 0 amide bonds. The number of rotatable bonds is 4. The maximum Gasteiger partial charge on any atom is 0.342 e. The van der Waals surface area contributed by atoms with Gasteiger partial charge in [-0.15, -0.1) is 0 Å². The topological polar surface area (TPSA) is 95.7 Å². The molecule has 0 radical (unpaired) electrons. The zero-order valence-electron chi connectivity index (χ0n) is 8.80. The van der Waals surface area contributed by atoms with Gasteiger partial charge in [-0.05, 0) is 12.1 Å². The molecule has 0 heterocycles. The van der Waals surface area contributed by atoms with Gasteiger partial charge in [-0.25, -0.2) is 9.80 Å². The van der Waals surface area contributed by atoms with Crippen molar-refractivity contribution in [1.29, 1.82) is 0 Å². The lowest BCUT2D eigenvalue weighted by Crippen LogP contribution is -2.19. The van der Waals surface area contributed by atoms with E-state index in [0.717, 1.165) is 0 Å². The fourth-order valence-electron chi connectivity index (χ4n) is 1.19. The van der Waals surface area contributed by atoms with Crippen LogP contribution in [0, 0.1) is 10.1 Å². The molecular weight excluding hydrogens is 214 g/mol. The number of nitrogens with zero attached hydrogens (tertiary/aromatic N) is 2. The first kappa shape index (κ1) is 11.9. The molecule has 0 aromatic heterocycles. The predicted octanol–water partition coefficient (Wildman–Crippen LogP) is 1.18. The van der Waals surface area contributed by atoms with Gasteiger partial charge in [0.25, 0.3) is 5.69 Å². The van der Waals surface area contributed by atoms with Crippen LogP contribution in [0.25, 0.3) is 0 Å². The van der Waals surface area contributed by atoms with E-state index in [1.807, 2.05) is 0 Å². The number of nitro groups is 1. The fraction of sp³-hybridized carbons (Fsp3) is 0.222. The van der Waals surface area contributed by atoms with Crippen molar-refractivity contribution in [2.75, 3.05) is 19.5 Å². The highest BCUT2D eigenvalue weighted by Gasteiger charge is 2.19. The van der Waals surface area contributed by atoms with Gasteiger partial charge in [-0.2, -0.15) is 0 Å². The Morgan fingerprint density at radius 1 is 1.50 bits per heavy atom. The molecule has 0 fully saturated rings. The van der Waals surface area contributed by atoms with E-state index in [1.54, 1.807) is 19.1 Å². The molecule has 0 atom stereocenters. The number of carboxylic acid groups (broad SMARTS) is 1. The molecule has 7 nitrogen and oxygen atoms in total. The molecule has 0 unspecified atom stereocenters. The average Bonchev–Trinajstić information content (AvgIpc) is 2.16. The lowest BCUT2D eigenvalue weighted by Gasteiger charge is -2.13. The van der Waals surface area contributed by atoms with Gasteiger partial charge in [0.1, 0.15) is 5.56 Å². The second-order valence-corrected chi connectivity index (χ2v) is 3.30. The number of nitrogens with one attached hydrogen (secondary N) is 1. The van der Waals surface area contributed by atoms with Crippen molar-refractivity contribution >= 4 is 17.3 Å². The minimum Gasteiger partial charge on any atom is -0.477 e. The first-order chi connectivity index (χ1) is 7.41. The fourth-order valence-corrected chi connectivity index (χ4v) is 1.19. The van der Waals surface area contributed by atoms with Crippen LogP contribution in [0.15, 0.2) is 18.2 Å². The third-order valence-electron chi connectivity index (χ3n) is 1.78. The van der Waals surface area contributed by atoms with Crippen LogP contribution in [0.2, 0.25) is 0 Å². The van der Waals surface area contributed by atoms with Crippen LogP contribution >= 0.6 is 0 Å². The Morgan fingerprint density at radius 3 is 2.56 bits per heavy atom. The molecule has 1 rings (SSSR count). The van der Waals surface area contributed by atoms with E-state index >= 15 is 0 Å². The van der Waals surface area contributed by atoms with Gasteiger partial charge in [0, 0.05) is 20.2 Å². The first-order valence-electron chi connectivity index (χ1n) is 4.37. The zero-order valence-corrected chi connectivity index (χ0v) is 8.80. The van der Waals surface area contributed by atoms with Crippen molar-refractivity contribution in [3.63, 3.8) is 0 Å². The smallest absolute Gasteiger partial charge is 0.342 e. The summed E-state index contributed by atoms with van der Waals surface area (Å²) < 4.78 is 0. The summed E-state index contributed by atoms with van der Waals surface area (Å²) in [7, 11) is 3.44. The number of aromatic carboxylic acids is 1. The molecular formula is C9H11N3O4. The van der Waals surface area contributed by atoms with E-state index in [0.29, 0.717) is 5.69 Å². The molecule has 2 N–H and O–H groups in total. The van der Waals surface area contributed by atoms with E-state index in [4.69, 9.17) is 5.11 Å². The minimum absolute atomic E-state index is 0.325. The van der Waals surface area contributed by atoms with Gasteiger partial charge >= 0.3 is 5.97 Å². The molecule has 0 bridgehead atoms. The molecule has 0 aliphatic heterocycles. The highest BCUT2D eigenvalue weighted by Crippen LogP contribution is 2.23. The average molecular weight is 225 g/mol. The summed E-state index contributed by atoms with van der Waals surface area (Å²) in [6.45, 7) is 0. The molecule has 1 aromatic carbocycles. The second-order valence-electron chi connectivity index (χ2n) is 3.30. The van der Waals surface area contributed by atoms with E-state index < -0.39 is 16.6 Å². The van der Waals surface area contributed by atoms with Crippen molar-refractivity contribution in [3.8, 4) is 0 Å². The summed E-state index contributed by atoms with van der Waals surface area (Å²) in [4.78, 5) is 20.7. The number of carbonyl (C=O) groups is 1. The van der Waals surface area contributed by atoms with Gasteiger partial charge in [-0.1, -0.05) is 0 Å². The summed E-state index contributed by atoms with van der Waals surface area (Å²) in [6, 6.07) is 3.85. The number of anilines is 1. The minimum atomic E-state index is -1.32. The third kappa shape index (κ3) is 2.67. The van der Waals surface area contributed by atoms with Gasteiger partial charge in [-0.3, -0.25) is 10.1 Å². The highest BCUT2D eigenvalue weighted by molar-refractivity contribution is 5.93. The molecule has 0 aliphatic rings. The number of hydrogen-bond acceptors (Lipinski definition) is 5. The molecule has 16 heavy (non-hydrogen) atoms. The van der Waals surface area contributed by atoms with E-state index in [2.05, 4.69) is 5.43 Å². The van der Waals surface area contributed by atoms with Crippen LogP contribution < -0.4 is 5.43 Å². The lowest BCUT2D eigenvalue weighted by atomic mass is 10.1. The van der Waals surface area contributed by atoms with E-state index in [9.17, 15) is 14.9 Å². The number of carboxylic acids is 1. The van der Waals surface area contributed by atoms with Gasteiger partial charge < -0.3 is 10.5 Å². The summed E-state index contributed by atoms with van der Waals surface area (Å²) in [5.74, 6) is -1.32. The number of nitro benzene ring substituents is 1. The Morgan fingerprint density at radius 2 is 2.12 bits per heavy atom. The molecule has 1 aromatic rings. The normalized spacial score (nSPS) is 10.2. The van der Waals surface area contributed by atoms with E-state index in [-0.39, 0.29) is 5.56 Å². The summed E-state index contributed by atoms with van der Waals surface area (Å²) in [5, 5.41) is 21.0. The number of hydrazine groups is 1. The lowest BCUT2D eigenvalue weighted by molar-refractivity contribution is -0.385. The monoisotopic (exact) mass is 225 g/mol. The Labute approximate surface area is 91.4 Å². The Kier molecular flexibility index (Phi) is 3.41. The molecule has 7 heteroatoms. The van der Waals surface area contributed by atoms with Crippen LogP contribution in [0.3, 0.4) is 0 Å². The Bertz CT molecular complexity index is 431. The second kappa shape index (κ2) is 4.58. The van der Waals surface area contributed by atoms with E-state index in [1.165, 1.54) is 18.2 Å². The van der Waals surface area contributed by atoms with Crippen LogP contribution in [0.1, 0.15) is 10.4 Å².